The van der Waals surface area contributed by atoms with E-state index in [0.717, 1.165) is 0 Å². The maximum absolute atomic E-state index is 12.3. The molecule has 100 valence electrons. The van der Waals surface area contributed by atoms with E-state index in [4.69, 9.17) is 5.11 Å². The Labute approximate surface area is 97.0 Å². The van der Waals surface area contributed by atoms with E-state index in [9.17, 15) is 26.7 Å². The van der Waals surface area contributed by atoms with Gasteiger partial charge < -0.3 is 9.84 Å². The molecule has 0 unspecified atom stereocenters. The Hall–Kier alpha value is -1.93. The highest BCUT2D eigenvalue weighted by Gasteiger charge is 2.34. The Morgan fingerprint density at radius 1 is 1.39 bits per heavy atom. The molecule has 0 bridgehead atoms. The van der Waals surface area contributed by atoms with E-state index in [1.165, 1.54) is 0 Å². The van der Waals surface area contributed by atoms with Crippen LogP contribution in [0.3, 0.4) is 0 Å². The second-order valence-electron chi connectivity index (χ2n) is 3.05. The van der Waals surface area contributed by atoms with Gasteiger partial charge in [-0.15, -0.1) is 0 Å². The molecule has 4 nitrogen and oxygen atoms in total. The third-order valence-electron chi connectivity index (χ3n) is 1.73. The number of halogens is 5. The quantitative estimate of drug-likeness (QED) is 0.854. The van der Waals surface area contributed by atoms with Crippen LogP contribution >= 0.6 is 0 Å². The molecule has 18 heavy (non-hydrogen) atoms. The number of nitrogens with zero attached hydrogens (tertiary/aromatic N) is 1. The van der Waals surface area contributed by atoms with Crippen LogP contribution in [0.2, 0.25) is 0 Å². The van der Waals surface area contributed by atoms with E-state index in [1.54, 1.807) is 0 Å². The molecule has 1 heterocycles. The zero-order valence-corrected chi connectivity index (χ0v) is 8.54. The number of hydrogen-bond acceptors (Lipinski definition) is 3. The molecule has 0 atom stereocenters. The lowest BCUT2D eigenvalue weighted by atomic mass is 10.2. The zero-order chi connectivity index (χ0) is 13.9. The van der Waals surface area contributed by atoms with Gasteiger partial charge in [0.25, 0.3) is 6.43 Å². The maximum Gasteiger partial charge on any atom is 0.433 e. The van der Waals surface area contributed by atoms with Crippen molar-refractivity contribution in [1.82, 2.24) is 4.98 Å². The van der Waals surface area contributed by atoms with E-state index >= 15 is 0 Å². The summed E-state index contributed by atoms with van der Waals surface area (Å²) in [5, 5.41) is 8.64. The van der Waals surface area contributed by atoms with Gasteiger partial charge in [0, 0.05) is 0 Å². The molecule has 0 spiro atoms. The lowest BCUT2D eigenvalue weighted by Gasteiger charge is -2.11. The lowest BCUT2D eigenvalue weighted by molar-refractivity contribution is -0.141. The van der Waals surface area contributed by atoms with Gasteiger partial charge in [-0.3, -0.25) is 0 Å². The van der Waals surface area contributed by atoms with E-state index in [2.05, 4.69) is 9.72 Å². The molecule has 0 radical (unpaired) electrons. The van der Waals surface area contributed by atoms with Crippen molar-refractivity contribution in [2.75, 3.05) is 6.61 Å². The Kier molecular flexibility index (Phi) is 4.04. The van der Waals surface area contributed by atoms with Crippen LogP contribution in [0.4, 0.5) is 22.0 Å². The van der Waals surface area contributed by atoms with E-state index in [-0.39, 0.29) is 0 Å². The highest BCUT2D eigenvalue weighted by Crippen LogP contribution is 2.30. The molecule has 1 rings (SSSR count). The van der Waals surface area contributed by atoms with Crippen molar-refractivity contribution in [3.8, 4) is 5.88 Å². The number of ether oxygens (including phenoxy) is 1. The second-order valence-corrected chi connectivity index (χ2v) is 3.05. The summed E-state index contributed by atoms with van der Waals surface area (Å²) < 4.78 is 64.8. The number of hydrogen-bond donors (Lipinski definition) is 1. The first-order valence-corrected chi connectivity index (χ1v) is 4.44. The van der Waals surface area contributed by atoms with Gasteiger partial charge >= 0.3 is 12.1 Å². The average molecular weight is 271 g/mol. The van der Waals surface area contributed by atoms with Gasteiger partial charge in [0.2, 0.25) is 5.88 Å². The van der Waals surface area contributed by atoms with Gasteiger partial charge in [-0.05, 0) is 12.1 Å². The molecule has 0 aliphatic rings. The van der Waals surface area contributed by atoms with Gasteiger partial charge in [0.1, 0.15) is 11.3 Å². The number of carboxylic acid groups (broad SMARTS) is 1. The standard InChI is InChI=1S/C9H6F5NO3/c10-6(11)3-18-7-4(8(16)17)1-2-5(15-7)9(12,13)14/h1-2,6H,3H2,(H,16,17). The zero-order valence-electron chi connectivity index (χ0n) is 8.54. The number of rotatable bonds is 4. The molecule has 0 aliphatic carbocycles. The van der Waals surface area contributed by atoms with Crippen LogP contribution < -0.4 is 4.74 Å². The fourth-order valence-corrected chi connectivity index (χ4v) is 1.01. The monoisotopic (exact) mass is 271 g/mol. The van der Waals surface area contributed by atoms with Crippen molar-refractivity contribution in [2.45, 2.75) is 12.6 Å². The minimum absolute atomic E-state index is 0.429. The summed E-state index contributed by atoms with van der Waals surface area (Å²) in [6.45, 7) is -1.24. The van der Waals surface area contributed by atoms with Crippen LogP contribution in [0.15, 0.2) is 12.1 Å². The molecule has 1 N–H and O–H groups in total. The topological polar surface area (TPSA) is 59.4 Å². The Morgan fingerprint density at radius 3 is 2.44 bits per heavy atom. The molecule has 1 aromatic rings. The number of pyridine rings is 1. The predicted molar refractivity (Wildman–Crippen MR) is 47.7 cm³/mol. The number of alkyl halides is 5. The summed E-state index contributed by atoms with van der Waals surface area (Å²) in [5.74, 6) is -2.61. The van der Waals surface area contributed by atoms with Crippen molar-refractivity contribution in [1.29, 1.82) is 0 Å². The first-order valence-electron chi connectivity index (χ1n) is 4.44. The van der Waals surface area contributed by atoms with Gasteiger partial charge in [0.05, 0.1) is 0 Å². The summed E-state index contributed by atoms with van der Waals surface area (Å²) in [5.41, 5.74) is -2.14. The van der Waals surface area contributed by atoms with Crippen LogP contribution in [0.25, 0.3) is 0 Å². The molecule has 9 heteroatoms. The highest BCUT2D eigenvalue weighted by atomic mass is 19.4. The van der Waals surface area contributed by atoms with E-state index in [0.29, 0.717) is 12.1 Å². The van der Waals surface area contributed by atoms with Crippen LogP contribution in [0, 0.1) is 0 Å². The van der Waals surface area contributed by atoms with Crippen molar-refractivity contribution in [2.24, 2.45) is 0 Å². The van der Waals surface area contributed by atoms with Gasteiger partial charge in [-0.25, -0.2) is 18.6 Å². The van der Waals surface area contributed by atoms with E-state index in [1.807, 2.05) is 0 Å². The largest absolute Gasteiger partial charge is 0.477 e. The summed E-state index contributed by atoms with van der Waals surface area (Å²) in [6.07, 6.45) is -7.78. The molecule has 0 fully saturated rings. The van der Waals surface area contributed by atoms with Crippen LogP contribution in [-0.2, 0) is 6.18 Å². The Balaban J connectivity index is 3.12. The fourth-order valence-electron chi connectivity index (χ4n) is 1.01. The lowest BCUT2D eigenvalue weighted by Crippen LogP contribution is -2.15. The number of aromatic nitrogens is 1. The molecule has 0 saturated carbocycles. The van der Waals surface area contributed by atoms with Crippen molar-refractivity contribution in [3.05, 3.63) is 23.4 Å². The molecule has 0 aromatic carbocycles. The molecule has 0 aliphatic heterocycles. The number of carboxylic acids is 1. The molecular formula is C9H6F5NO3. The summed E-state index contributed by atoms with van der Waals surface area (Å²) in [4.78, 5) is 13.5. The summed E-state index contributed by atoms with van der Waals surface area (Å²) in [6, 6.07) is 1.03. The van der Waals surface area contributed by atoms with E-state index < -0.39 is 42.3 Å². The number of aromatic carboxylic acids is 1. The SMILES string of the molecule is O=C(O)c1ccc(C(F)(F)F)nc1OCC(F)F. The van der Waals surface area contributed by atoms with Crippen molar-refractivity contribution < 1.29 is 36.6 Å². The number of carbonyl (C=O) groups is 1. The summed E-state index contributed by atoms with van der Waals surface area (Å²) >= 11 is 0. The third kappa shape index (κ3) is 3.54. The van der Waals surface area contributed by atoms with Crippen LogP contribution in [0.1, 0.15) is 16.1 Å². The van der Waals surface area contributed by atoms with Crippen molar-refractivity contribution >= 4 is 5.97 Å². The molecule has 0 amide bonds. The molecule has 0 saturated heterocycles. The molecule has 1 aromatic heterocycles. The third-order valence-corrected chi connectivity index (χ3v) is 1.73. The van der Waals surface area contributed by atoms with Gasteiger partial charge in [-0.1, -0.05) is 0 Å². The van der Waals surface area contributed by atoms with Crippen LogP contribution in [0.5, 0.6) is 5.88 Å². The Bertz CT molecular complexity index is 446. The highest BCUT2D eigenvalue weighted by molar-refractivity contribution is 5.90. The first kappa shape index (κ1) is 14.1. The minimum Gasteiger partial charge on any atom is -0.477 e. The van der Waals surface area contributed by atoms with Gasteiger partial charge in [0.15, 0.2) is 6.61 Å². The smallest absolute Gasteiger partial charge is 0.433 e. The second kappa shape index (κ2) is 5.15. The van der Waals surface area contributed by atoms with Crippen LogP contribution in [-0.4, -0.2) is 29.1 Å². The average Bonchev–Trinajstić information content (AvgIpc) is 2.24. The predicted octanol–water partition coefficient (Wildman–Crippen LogP) is 2.44. The van der Waals surface area contributed by atoms with Gasteiger partial charge in [-0.2, -0.15) is 13.2 Å². The van der Waals surface area contributed by atoms with Crippen molar-refractivity contribution in [3.63, 3.8) is 0 Å². The summed E-state index contributed by atoms with van der Waals surface area (Å²) in [7, 11) is 0. The molecular weight excluding hydrogens is 265 g/mol. The maximum atomic E-state index is 12.3. The fraction of sp³-hybridized carbons (Fsp3) is 0.333. The minimum atomic E-state index is -4.82. The first-order chi connectivity index (χ1) is 8.21. The Morgan fingerprint density at radius 2 is 2.00 bits per heavy atom. The normalized spacial score (nSPS) is 11.7.